The molecule has 2 aliphatic heterocycles. The molecule has 32 heavy (non-hydrogen) atoms. The Morgan fingerprint density at radius 2 is 1.94 bits per heavy atom. The van der Waals surface area contributed by atoms with Gasteiger partial charge in [-0.3, -0.25) is 0 Å². The summed E-state index contributed by atoms with van der Waals surface area (Å²) < 4.78 is 20.3. The zero-order valence-corrected chi connectivity index (χ0v) is 18.3. The van der Waals surface area contributed by atoms with E-state index in [0.717, 1.165) is 36.5 Å². The van der Waals surface area contributed by atoms with Crippen LogP contribution in [0, 0.1) is 5.95 Å². The van der Waals surface area contributed by atoms with E-state index in [2.05, 4.69) is 43.6 Å². The van der Waals surface area contributed by atoms with Crippen LogP contribution in [0.5, 0.6) is 0 Å². The maximum atomic E-state index is 14.5. The van der Waals surface area contributed by atoms with Gasteiger partial charge in [-0.05, 0) is 19.4 Å². The molecule has 5 rings (SSSR count). The molecule has 0 spiro atoms. The van der Waals surface area contributed by atoms with E-state index in [1.807, 2.05) is 12.3 Å². The first-order chi connectivity index (χ1) is 15.6. The Balaban J connectivity index is 1.41. The fourth-order valence-electron chi connectivity index (χ4n) is 4.40. The van der Waals surface area contributed by atoms with Gasteiger partial charge in [0, 0.05) is 68.0 Å². The summed E-state index contributed by atoms with van der Waals surface area (Å²) in [7, 11) is 0. The number of pyridine rings is 1. The van der Waals surface area contributed by atoms with Crippen LogP contribution in [0.4, 0.5) is 15.9 Å². The first-order valence-electron chi connectivity index (χ1n) is 11.1. The summed E-state index contributed by atoms with van der Waals surface area (Å²) >= 11 is 0. The summed E-state index contributed by atoms with van der Waals surface area (Å²) in [5.74, 6) is 1.20. The van der Waals surface area contributed by atoms with Crippen LogP contribution in [0.2, 0.25) is 0 Å². The van der Waals surface area contributed by atoms with Crippen molar-refractivity contribution >= 4 is 11.5 Å². The second-order valence-electron chi connectivity index (χ2n) is 8.14. The molecule has 2 atom stereocenters. The van der Waals surface area contributed by atoms with Crippen molar-refractivity contribution in [3.8, 4) is 11.6 Å². The molecule has 9 heteroatoms. The van der Waals surface area contributed by atoms with Gasteiger partial charge in [-0.2, -0.15) is 4.39 Å². The lowest BCUT2D eigenvalue weighted by Gasteiger charge is -2.37. The minimum absolute atomic E-state index is 0.0280. The van der Waals surface area contributed by atoms with Crippen molar-refractivity contribution in [3.63, 3.8) is 0 Å². The molecule has 3 aromatic heterocycles. The molecule has 0 aromatic carbocycles. The van der Waals surface area contributed by atoms with Crippen LogP contribution in [0.3, 0.4) is 0 Å². The molecule has 1 fully saturated rings. The van der Waals surface area contributed by atoms with E-state index in [4.69, 9.17) is 9.72 Å². The van der Waals surface area contributed by atoms with Crippen molar-refractivity contribution in [1.29, 1.82) is 0 Å². The Labute approximate surface area is 186 Å². The number of fused-ring (bicyclic) bond motifs is 1. The highest BCUT2D eigenvalue weighted by atomic mass is 19.1. The Bertz CT molecular complexity index is 1100. The molecule has 1 saturated heterocycles. The van der Waals surface area contributed by atoms with E-state index < -0.39 is 5.95 Å². The number of hydrogen-bond donors (Lipinski definition) is 0. The van der Waals surface area contributed by atoms with Crippen LogP contribution in [0.1, 0.15) is 37.6 Å². The Kier molecular flexibility index (Phi) is 5.65. The fourth-order valence-corrected chi connectivity index (χ4v) is 4.40. The molecule has 0 radical (unpaired) electrons. The average molecular weight is 436 g/mol. The highest BCUT2D eigenvalue weighted by molar-refractivity contribution is 5.57. The predicted octanol–water partition coefficient (Wildman–Crippen LogP) is 3.21. The second-order valence-corrected chi connectivity index (χ2v) is 8.14. The fraction of sp³-hybridized carbons (Fsp3) is 0.435. The molecule has 0 bridgehead atoms. The van der Waals surface area contributed by atoms with Crippen LogP contribution in [-0.4, -0.2) is 57.3 Å². The standard InChI is InChI=1S/C23H26FN7O/c1-3-17-14-30(9-10-32-17)16-11-20(24)29-21(12-16)31-8-5-19-18(15(31)2)13-27-23(28-19)22-25-6-4-7-26-22/h4,6-7,11-13,15,17H,3,5,8-10,14H2,1-2H3. The second kappa shape index (κ2) is 8.74. The topological polar surface area (TPSA) is 80.2 Å². The molecule has 0 N–H and O–H groups in total. The Morgan fingerprint density at radius 1 is 1.09 bits per heavy atom. The Hall–Kier alpha value is -3.20. The molecule has 0 saturated carbocycles. The van der Waals surface area contributed by atoms with Crippen LogP contribution in [0.25, 0.3) is 11.6 Å². The van der Waals surface area contributed by atoms with Crippen LogP contribution < -0.4 is 9.80 Å². The molecule has 0 amide bonds. The molecule has 2 unspecified atom stereocenters. The molecule has 5 heterocycles. The number of hydrogen-bond acceptors (Lipinski definition) is 8. The average Bonchev–Trinajstić information content (AvgIpc) is 2.84. The minimum Gasteiger partial charge on any atom is -0.375 e. The van der Waals surface area contributed by atoms with Gasteiger partial charge < -0.3 is 14.5 Å². The van der Waals surface area contributed by atoms with Crippen LogP contribution in [0.15, 0.2) is 36.8 Å². The molecule has 8 nitrogen and oxygen atoms in total. The predicted molar refractivity (Wildman–Crippen MR) is 119 cm³/mol. The van der Waals surface area contributed by atoms with Crippen LogP contribution >= 0.6 is 0 Å². The normalized spacial score (nSPS) is 20.8. The van der Waals surface area contributed by atoms with Gasteiger partial charge in [-0.25, -0.2) is 24.9 Å². The lowest BCUT2D eigenvalue weighted by molar-refractivity contribution is 0.0384. The monoisotopic (exact) mass is 435 g/mol. The largest absolute Gasteiger partial charge is 0.375 e. The van der Waals surface area contributed by atoms with Gasteiger partial charge >= 0.3 is 0 Å². The molecule has 0 aliphatic carbocycles. The van der Waals surface area contributed by atoms with Crippen molar-refractivity contribution in [3.05, 3.63) is 54.0 Å². The minimum atomic E-state index is -0.470. The summed E-state index contributed by atoms with van der Waals surface area (Å²) in [5.41, 5.74) is 2.84. The van der Waals surface area contributed by atoms with Crippen molar-refractivity contribution in [2.75, 3.05) is 36.0 Å². The smallest absolute Gasteiger partial charge is 0.216 e. The molecular formula is C23H26FN7O. The van der Waals surface area contributed by atoms with E-state index in [1.54, 1.807) is 18.5 Å². The number of anilines is 2. The van der Waals surface area contributed by atoms with E-state index in [1.165, 1.54) is 6.07 Å². The lowest BCUT2D eigenvalue weighted by Crippen LogP contribution is -2.42. The first kappa shape index (κ1) is 20.7. The molecule has 3 aromatic rings. The summed E-state index contributed by atoms with van der Waals surface area (Å²) in [6, 6.07) is 5.23. The molecular weight excluding hydrogens is 409 g/mol. The van der Waals surface area contributed by atoms with Crippen molar-refractivity contribution in [2.24, 2.45) is 0 Å². The number of aromatic nitrogens is 5. The van der Waals surface area contributed by atoms with Gasteiger partial charge in [0.15, 0.2) is 11.6 Å². The zero-order valence-electron chi connectivity index (χ0n) is 18.3. The van der Waals surface area contributed by atoms with E-state index >= 15 is 0 Å². The van der Waals surface area contributed by atoms with Crippen LogP contribution in [-0.2, 0) is 11.2 Å². The summed E-state index contributed by atoms with van der Waals surface area (Å²) in [6.07, 6.45) is 7.01. The zero-order chi connectivity index (χ0) is 22.1. The van der Waals surface area contributed by atoms with Gasteiger partial charge in [0.1, 0.15) is 5.82 Å². The van der Waals surface area contributed by atoms with E-state index in [-0.39, 0.29) is 12.1 Å². The van der Waals surface area contributed by atoms with Gasteiger partial charge in [-0.1, -0.05) is 6.92 Å². The summed E-state index contributed by atoms with van der Waals surface area (Å²) in [5, 5.41) is 0. The number of ether oxygens (including phenoxy) is 1. The lowest BCUT2D eigenvalue weighted by atomic mass is 9.99. The number of rotatable bonds is 4. The SMILES string of the molecule is CCC1CN(c2cc(F)nc(N3CCc4nc(-c5ncccn5)ncc4C3C)c2)CCO1. The first-order valence-corrected chi connectivity index (χ1v) is 11.1. The van der Waals surface area contributed by atoms with Gasteiger partial charge in [0.2, 0.25) is 5.95 Å². The maximum absolute atomic E-state index is 14.5. The van der Waals surface area contributed by atoms with E-state index in [0.29, 0.717) is 37.0 Å². The van der Waals surface area contributed by atoms with E-state index in [9.17, 15) is 4.39 Å². The molecule has 2 aliphatic rings. The van der Waals surface area contributed by atoms with Crippen molar-refractivity contribution in [2.45, 2.75) is 38.8 Å². The van der Waals surface area contributed by atoms with Gasteiger partial charge in [0.05, 0.1) is 24.4 Å². The summed E-state index contributed by atoms with van der Waals surface area (Å²) in [4.78, 5) is 26.2. The summed E-state index contributed by atoms with van der Waals surface area (Å²) in [6.45, 7) is 7.03. The number of halogens is 1. The third-order valence-electron chi connectivity index (χ3n) is 6.19. The van der Waals surface area contributed by atoms with Crippen molar-refractivity contribution in [1.82, 2.24) is 24.9 Å². The quantitative estimate of drug-likeness (QED) is 0.578. The van der Waals surface area contributed by atoms with Gasteiger partial charge in [0.25, 0.3) is 0 Å². The van der Waals surface area contributed by atoms with Gasteiger partial charge in [-0.15, -0.1) is 0 Å². The highest BCUT2D eigenvalue weighted by Gasteiger charge is 2.28. The third kappa shape index (κ3) is 4.00. The third-order valence-corrected chi connectivity index (χ3v) is 6.19. The highest BCUT2D eigenvalue weighted by Crippen LogP contribution is 2.34. The Morgan fingerprint density at radius 3 is 2.75 bits per heavy atom. The number of nitrogens with zero attached hydrogens (tertiary/aromatic N) is 7. The van der Waals surface area contributed by atoms with Crippen molar-refractivity contribution < 1.29 is 9.13 Å². The maximum Gasteiger partial charge on any atom is 0.216 e. The molecule has 166 valence electrons. The number of morpholine rings is 1.